The van der Waals surface area contributed by atoms with Crippen LogP contribution in [0.3, 0.4) is 0 Å². The topological polar surface area (TPSA) is 142 Å². The molecule has 3 aromatic rings. The molecule has 0 heterocycles. The molecule has 232 valence electrons. The van der Waals surface area contributed by atoms with Gasteiger partial charge in [0.1, 0.15) is 6.04 Å². The predicted molar refractivity (Wildman–Crippen MR) is 170 cm³/mol. The molecule has 0 bridgehead atoms. The van der Waals surface area contributed by atoms with E-state index in [2.05, 4.69) is 16.7 Å². The number of nitrogen functional groups attached to an aromatic ring is 1. The van der Waals surface area contributed by atoms with Crippen molar-refractivity contribution in [2.24, 2.45) is 11.8 Å². The quantitative estimate of drug-likeness (QED) is 0.144. The SMILES string of the molecule is CC(C)CN([C@H](CO)CCCCNC(=O)[C@H](Cc1ccc2ccccc2c1)NC(=O)C1CC1)S(=O)(=O)c1ccc(N)cc1. The first-order chi connectivity index (χ1) is 20.6. The van der Waals surface area contributed by atoms with Crippen molar-refractivity contribution in [1.29, 1.82) is 0 Å². The summed E-state index contributed by atoms with van der Waals surface area (Å²) >= 11 is 0. The minimum absolute atomic E-state index is 0.0133. The van der Waals surface area contributed by atoms with Gasteiger partial charge in [0.25, 0.3) is 0 Å². The summed E-state index contributed by atoms with van der Waals surface area (Å²) < 4.78 is 28.3. The van der Waals surface area contributed by atoms with E-state index >= 15 is 0 Å². The van der Waals surface area contributed by atoms with Crippen LogP contribution in [0.25, 0.3) is 10.8 Å². The van der Waals surface area contributed by atoms with Crippen LogP contribution in [0.1, 0.15) is 51.5 Å². The maximum absolute atomic E-state index is 13.5. The third-order valence-electron chi connectivity index (χ3n) is 7.75. The standard InChI is InChI=1S/C33H44N4O5S/c1-23(2)21-37(43(41,42)30-16-14-28(34)15-17-30)29(22-38)9-5-6-18-35-33(40)31(36-32(39)26-12-13-26)20-24-10-11-25-7-3-4-8-27(25)19-24/h3-4,7-8,10-11,14-17,19,23,26,29,31,38H,5-6,9,12-13,18,20-22,34H2,1-2H3,(H,35,40)(H,36,39)/t29-,31-/m0/s1. The van der Waals surface area contributed by atoms with Crippen molar-refractivity contribution in [3.8, 4) is 0 Å². The number of nitrogens with two attached hydrogens (primary N) is 1. The average Bonchev–Trinajstić information content (AvgIpc) is 3.84. The Balaban J connectivity index is 1.34. The van der Waals surface area contributed by atoms with Crippen LogP contribution in [0, 0.1) is 11.8 Å². The van der Waals surface area contributed by atoms with E-state index in [-0.39, 0.29) is 41.7 Å². The summed E-state index contributed by atoms with van der Waals surface area (Å²) in [6.45, 7) is 4.21. The summed E-state index contributed by atoms with van der Waals surface area (Å²) in [5.41, 5.74) is 7.19. The fourth-order valence-corrected chi connectivity index (χ4v) is 7.00. The van der Waals surface area contributed by atoms with Gasteiger partial charge in [-0.25, -0.2) is 8.42 Å². The van der Waals surface area contributed by atoms with Gasteiger partial charge in [-0.1, -0.05) is 62.7 Å². The van der Waals surface area contributed by atoms with Crippen molar-refractivity contribution in [3.05, 3.63) is 72.3 Å². The summed E-state index contributed by atoms with van der Waals surface area (Å²) in [4.78, 5) is 25.9. The van der Waals surface area contributed by atoms with Gasteiger partial charge in [-0.05, 0) is 72.2 Å². The predicted octanol–water partition coefficient (Wildman–Crippen LogP) is 3.85. The molecule has 1 saturated carbocycles. The van der Waals surface area contributed by atoms with E-state index in [1.54, 1.807) is 12.1 Å². The lowest BCUT2D eigenvalue weighted by Gasteiger charge is -2.31. The minimum atomic E-state index is -3.84. The molecule has 0 radical (unpaired) electrons. The first-order valence-electron chi connectivity index (χ1n) is 15.1. The smallest absolute Gasteiger partial charge is 0.243 e. The number of carbonyl (C=O) groups excluding carboxylic acids is 2. The molecule has 2 atom stereocenters. The number of anilines is 1. The highest BCUT2D eigenvalue weighted by atomic mass is 32.2. The number of sulfonamides is 1. The van der Waals surface area contributed by atoms with E-state index in [1.807, 2.05) is 50.2 Å². The minimum Gasteiger partial charge on any atom is -0.399 e. The number of unbranched alkanes of at least 4 members (excludes halogenated alkanes) is 1. The summed E-state index contributed by atoms with van der Waals surface area (Å²) in [5, 5.41) is 18.3. The van der Waals surface area contributed by atoms with Crippen LogP contribution in [0.4, 0.5) is 5.69 Å². The lowest BCUT2D eigenvalue weighted by Crippen LogP contribution is -2.48. The molecule has 0 spiro atoms. The van der Waals surface area contributed by atoms with E-state index in [9.17, 15) is 23.1 Å². The number of hydrogen-bond acceptors (Lipinski definition) is 6. The maximum atomic E-state index is 13.5. The van der Waals surface area contributed by atoms with Crippen molar-refractivity contribution in [3.63, 3.8) is 0 Å². The number of fused-ring (bicyclic) bond motifs is 1. The molecule has 0 unspecified atom stereocenters. The van der Waals surface area contributed by atoms with Crippen LogP contribution in [-0.2, 0) is 26.0 Å². The highest BCUT2D eigenvalue weighted by Gasteiger charge is 2.33. The third kappa shape index (κ3) is 9.01. The van der Waals surface area contributed by atoms with E-state index in [0.29, 0.717) is 37.9 Å². The molecule has 1 aliphatic rings. The third-order valence-corrected chi connectivity index (χ3v) is 9.68. The van der Waals surface area contributed by atoms with Crippen LogP contribution < -0.4 is 16.4 Å². The molecule has 1 aliphatic carbocycles. The zero-order valence-corrected chi connectivity index (χ0v) is 25.9. The van der Waals surface area contributed by atoms with E-state index in [4.69, 9.17) is 5.73 Å². The van der Waals surface area contributed by atoms with Gasteiger partial charge in [0.15, 0.2) is 0 Å². The molecular formula is C33H44N4O5S. The Morgan fingerprint density at radius 3 is 2.35 bits per heavy atom. The fourth-order valence-electron chi connectivity index (χ4n) is 5.19. The molecule has 10 heteroatoms. The lowest BCUT2D eigenvalue weighted by molar-refractivity contribution is -0.129. The zero-order chi connectivity index (χ0) is 31.0. The zero-order valence-electron chi connectivity index (χ0n) is 25.0. The van der Waals surface area contributed by atoms with Gasteiger partial charge in [0.05, 0.1) is 11.5 Å². The van der Waals surface area contributed by atoms with E-state index in [0.717, 1.165) is 29.2 Å². The van der Waals surface area contributed by atoms with E-state index in [1.165, 1.54) is 16.4 Å². The number of amides is 2. The number of rotatable bonds is 16. The number of hydrogen-bond donors (Lipinski definition) is 4. The molecule has 43 heavy (non-hydrogen) atoms. The van der Waals surface area contributed by atoms with Gasteiger partial charge >= 0.3 is 0 Å². The van der Waals surface area contributed by atoms with E-state index < -0.39 is 22.1 Å². The molecule has 3 aromatic carbocycles. The highest BCUT2D eigenvalue weighted by Crippen LogP contribution is 2.29. The Kier molecular flexibility index (Phi) is 11.2. The molecule has 2 amide bonds. The number of aliphatic hydroxyl groups excluding tert-OH is 1. The Morgan fingerprint density at radius 1 is 1.00 bits per heavy atom. The molecule has 4 rings (SSSR count). The lowest BCUT2D eigenvalue weighted by atomic mass is 10.0. The Bertz CT molecular complexity index is 1490. The second-order valence-corrected chi connectivity index (χ2v) is 13.8. The molecule has 1 fully saturated rings. The van der Waals surface area contributed by atoms with Crippen molar-refractivity contribution in [2.45, 2.75) is 69.4 Å². The number of nitrogens with zero attached hydrogens (tertiary/aromatic N) is 1. The average molecular weight is 609 g/mol. The van der Waals surface area contributed by atoms with Crippen molar-refractivity contribution < 1.29 is 23.1 Å². The van der Waals surface area contributed by atoms with Crippen LogP contribution in [0.2, 0.25) is 0 Å². The monoisotopic (exact) mass is 608 g/mol. The van der Waals surface area contributed by atoms with Crippen LogP contribution in [-0.4, -0.2) is 61.4 Å². The van der Waals surface area contributed by atoms with Crippen molar-refractivity contribution >= 4 is 38.3 Å². The Hall–Kier alpha value is -3.47. The first kappa shape index (κ1) is 32.4. The molecule has 0 aromatic heterocycles. The van der Waals surface area contributed by atoms with Gasteiger partial charge in [0, 0.05) is 37.2 Å². The summed E-state index contributed by atoms with van der Waals surface area (Å²) in [5.74, 6) is -0.282. The van der Waals surface area contributed by atoms with Crippen LogP contribution in [0.5, 0.6) is 0 Å². The van der Waals surface area contributed by atoms with Gasteiger partial charge in [0.2, 0.25) is 21.8 Å². The molecular weight excluding hydrogens is 564 g/mol. The van der Waals surface area contributed by atoms with Gasteiger partial charge in [-0.15, -0.1) is 0 Å². The normalized spacial score (nSPS) is 15.0. The summed E-state index contributed by atoms with van der Waals surface area (Å²) in [6, 6.07) is 18.9. The first-order valence-corrected chi connectivity index (χ1v) is 16.6. The largest absolute Gasteiger partial charge is 0.399 e. The molecule has 0 aliphatic heterocycles. The van der Waals surface area contributed by atoms with Gasteiger partial charge < -0.3 is 21.5 Å². The van der Waals surface area contributed by atoms with Crippen molar-refractivity contribution in [1.82, 2.24) is 14.9 Å². The summed E-state index contributed by atoms with van der Waals surface area (Å²) in [6.07, 6.45) is 3.72. The molecule has 9 nitrogen and oxygen atoms in total. The highest BCUT2D eigenvalue weighted by molar-refractivity contribution is 7.89. The van der Waals surface area contributed by atoms with Crippen LogP contribution in [0.15, 0.2) is 71.6 Å². The van der Waals surface area contributed by atoms with Crippen molar-refractivity contribution in [2.75, 3.05) is 25.4 Å². The number of benzene rings is 3. The fraction of sp³-hybridized carbons (Fsp3) is 0.455. The van der Waals surface area contributed by atoms with Gasteiger partial charge in [-0.2, -0.15) is 4.31 Å². The molecule has 0 saturated heterocycles. The van der Waals surface area contributed by atoms with Gasteiger partial charge in [-0.3, -0.25) is 9.59 Å². The number of carbonyl (C=O) groups is 2. The van der Waals surface area contributed by atoms with Crippen LogP contribution >= 0.6 is 0 Å². The maximum Gasteiger partial charge on any atom is 0.243 e. The molecule has 5 N–H and O–H groups in total. The number of nitrogens with one attached hydrogen (secondary N) is 2. The Morgan fingerprint density at radius 2 is 1.70 bits per heavy atom. The summed E-state index contributed by atoms with van der Waals surface area (Å²) in [7, 11) is -3.84. The number of aliphatic hydroxyl groups is 1. The second-order valence-electron chi connectivity index (χ2n) is 11.9. The Labute approximate surface area is 254 Å². The second kappa shape index (κ2) is 14.8.